The Balaban J connectivity index is 1.73. The number of aryl methyl sites for hydroxylation is 1. The Morgan fingerprint density at radius 3 is 2.62 bits per heavy atom. The second-order valence-electron chi connectivity index (χ2n) is 6.53. The first-order chi connectivity index (χ1) is 13.8. The third kappa shape index (κ3) is 4.40. The van der Waals surface area contributed by atoms with Gasteiger partial charge in [0.2, 0.25) is 0 Å². The van der Waals surface area contributed by atoms with Crippen molar-refractivity contribution in [1.29, 1.82) is 0 Å². The highest BCUT2D eigenvalue weighted by atomic mass is 35.5. The molecule has 2 aromatic heterocycles. The minimum Gasteiger partial charge on any atom is -0.470 e. The molecule has 0 aliphatic carbocycles. The highest BCUT2D eigenvalue weighted by Crippen LogP contribution is 2.24. The highest BCUT2D eigenvalue weighted by Gasteiger charge is 2.23. The SMILES string of the molecule is Cc1c(NC(=O)c2ccn(COc3ccccc3Cl)n2)c(C(=O)N(C)C)nn1C. The molecule has 152 valence electrons. The van der Waals surface area contributed by atoms with Crippen molar-refractivity contribution in [2.24, 2.45) is 7.05 Å². The van der Waals surface area contributed by atoms with E-state index in [0.717, 1.165) is 0 Å². The molecule has 0 spiro atoms. The topological polar surface area (TPSA) is 94.3 Å². The van der Waals surface area contributed by atoms with Crippen molar-refractivity contribution < 1.29 is 14.3 Å². The molecule has 1 N–H and O–H groups in total. The summed E-state index contributed by atoms with van der Waals surface area (Å²) in [7, 11) is 4.95. The second-order valence-corrected chi connectivity index (χ2v) is 6.94. The summed E-state index contributed by atoms with van der Waals surface area (Å²) in [4.78, 5) is 26.4. The van der Waals surface area contributed by atoms with Crippen molar-refractivity contribution in [3.8, 4) is 5.75 Å². The molecule has 1 aromatic carbocycles. The van der Waals surface area contributed by atoms with Gasteiger partial charge in [-0.2, -0.15) is 10.2 Å². The zero-order valence-electron chi connectivity index (χ0n) is 16.5. The predicted molar refractivity (Wildman–Crippen MR) is 108 cm³/mol. The van der Waals surface area contributed by atoms with Gasteiger partial charge < -0.3 is 15.0 Å². The number of carbonyl (C=O) groups is 2. The number of halogens is 1. The first kappa shape index (κ1) is 20.4. The van der Waals surface area contributed by atoms with Gasteiger partial charge in [-0.15, -0.1) is 0 Å². The van der Waals surface area contributed by atoms with Crippen LogP contribution in [0.25, 0.3) is 0 Å². The van der Waals surface area contributed by atoms with E-state index < -0.39 is 5.91 Å². The Morgan fingerprint density at radius 2 is 1.93 bits per heavy atom. The lowest BCUT2D eigenvalue weighted by Crippen LogP contribution is -2.24. The van der Waals surface area contributed by atoms with Crippen LogP contribution in [-0.2, 0) is 13.8 Å². The van der Waals surface area contributed by atoms with Gasteiger partial charge in [-0.05, 0) is 25.1 Å². The van der Waals surface area contributed by atoms with E-state index in [1.165, 1.54) is 9.58 Å². The molecule has 0 saturated carbocycles. The van der Waals surface area contributed by atoms with Crippen LogP contribution in [0.3, 0.4) is 0 Å². The van der Waals surface area contributed by atoms with Crippen molar-refractivity contribution in [3.05, 3.63) is 58.6 Å². The van der Waals surface area contributed by atoms with E-state index in [2.05, 4.69) is 15.5 Å². The summed E-state index contributed by atoms with van der Waals surface area (Å²) < 4.78 is 8.62. The van der Waals surface area contributed by atoms with E-state index in [-0.39, 0.29) is 24.0 Å². The third-order valence-corrected chi connectivity index (χ3v) is 4.56. The van der Waals surface area contributed by atoms with Gasteiger partial charge in [-0.1, -0.05) is 23.7 Å². The molecule has 0 bridgehead atoms. The predicted octanol–water partition coefficient (Wildman–Crippen LogP) is 2.57. The molecule has 3 rings (SSSR count). The van der Waals surface area contributed by atoms with Gasteiger partial charge in [0.15, 0.2) is 18.1 Å². The van der Waals surface area contributed by atoms with Crippen LogP contribution >= 0.6 is 11.6 Å². The van der Waals surface area contributed by atoms with Crippen molar-refractivity contribution >= 4 is 29.1 Å². The number of nitrogens with zero attached hydrogens (tertiary/aromatic N) is 5. The lowest BCUT2D eigenvalue weighted by molar-refractivity contribution is 0.0822. The summed E-state index contributed by atoms with van der Waals surface area (Å²) in [6, 6.07) is 8.65. The molecular weight excluding hydrogens is 396 g/mol. The summed E-state index contributed by atoms with van der Waals surface area (Å²) in [5, 5.41) is 11.6. The number of hydrogen-bond acceptors (Lipinski definition) is 5. The number of anilines is 1. The first-order valence-electron chi connectivity index (χ1n) is 8.75. The molecule has 3 aromatic rings. The van der Waals surface area contributed by atoms with Crippen LogP contribution in [0.1, 0.15) is 26.7 Å². The fraction of sp³-hybridized carbons (Fsp3) is 0.263. The van der Waals surface area contributed by atoms with Gasteiger partial charge in [-0.3, -0.25) is 14.3 Å². The van der Waals surface area contributed by atoms with Gasteiger partial charge >= 0.3 is 0 Å². The summed E-state index contributed by atoms with van der Waals surface area (Å²) in [5.41, 5.74) is 1.37. The number of para-hydroxylation sites is 1. The van der Waals surface area contributed by atoms with Gasteiger partial charge in [-0.25, -0.2) is 4.68 Å². The summed E-state index contributed by atoms with van der Waals surface area (Å²) in [6.07, 6.45) is 1.62. The van der Waals surface area contributed by atoms with Crippen molar-refractivity contribution in [1.82, 2.24) is 24.5 Å². The largest absolute Gasteiger partial charge is 0.470 e. The number of amides is 2. The van der Waals surface area contributed by atoms with Gasteiger partial charge in [0.05, 0.1) is 16.4 Å². The fourth-order valence-electron chi connectivity index (χ4n) is 2.55. The summed E-state index contributed by atoms with van der Waals surface area (Å²) >= 11 is 6.06. The van der Waals surface area contributed by atoms with Crippen LogP contribution in [0, 0.1) is 6.92 Å². The molecule has 0 unspecified atom stereocenters. The molecule has 10 heteroatoms. The van der Waals surface area contributed by atoms with Crippen molar-refractivity contribution in [2.75, 3.05) is 19.4 Å². The normalized spacial score (nSPS) is 10.7. The quantitative estimate of drug-likeness (QED) is 0.666. The zero-order chi connectivity index (χ0) is 21.1. The van der Waals surface area contributed by atoms with Gasteiger partial charge in [0.1, 0.15) is 5.75 Å². The molecule has 0 aliphatic heterocycles. The maximum Gasteiger partial charge on any atom is 0.276 e. The average molecular weight is 417 g/mol. The molecule has 0 radical (unpaired) electrons. The number of nitrogens with one attached hydrogen (secondary N) is 1. The molecular formula is C19H21ClN6O3. The van der Waals surface area contributed by atoms with E-state index >= 15 is 0 Å². The molecule has 0 saturated heterocycles. The number of ether oxygens (including phenoxy) is 1. The Morgan fingerprint density at radius 1 is 1.21 bits per heavy atom. The maximum atomic E-state index is 12.7. The van der Waals surface area contributed by atoms with Crippen molar-refractivity contribution in [2.45, 2.75) is 13.7 Å². The van der Waals surface area contributed by atoms with Crippen molar-refractivity contribution in [3.63, 3.8) is 0 Å². The number of aromatic nitrogens is 4. The van der Waals surface area contributed by atoms with E-state index in [1.54, 1.807) is 63.2 Å². The number of rotatable bonds is 6. The monoisotopic (exact) mass is 416 g/mol. The van der Waals surface area contributed by atoms with Crippen LogP contribution in [0.4, 0.5) is 5.69 Å². The lowest BCUT2D eigenvalue weighted by atomic mass is 10.2. The minimum absolute atomic E-state index is 0.0906. The van der Waals surface area contributed by atoms with E-state index in [4.69, 9.17) is 16.3 Å². The molecule has 2 amide bonds. The second kappa shape index (κ2) is 8.36. The zero-order valence-corrected chi connectivity index (χ0v) is 17.3. The average Bonchev–Trinajstić information content (AvgIpc) is 3.27. The van der Waals surface area contributed by atoms with Crippen LogP contribution in [0.5, 0.6) is 5.75 Å². The summed E-state index contributed by atoms with van der Waals surface area (Å²) in [5.74, 6) is -0.235. The number of carbonyl (C=O) groups excluding carboxylic acids is 2. The molecule has 9 nitrogen and oxygen atoms in total. The Labute approximate surface area is 172 Å². The third-order valence-electron chi connectivity index (χ3n) is 4.24. The molecule has 0 atom stereocenters. The Kier molecular flexibility index (Phi) is 5.88. The highest BCUT2D eigenvalue weighted by molar-refractivity contribution is 6.32. The van der Waals surface area contributed by atoms with Crippen LogP contribution in [-0.4, -0.2) is 50.4 Å². The van der Waals surface area contributed by atoms with E-state index in [9.17, 15) is 9.59 Å². The van der Waals surface area contributed by atoms with Gasteiger partial charge in [0.25, 0.3) is 11.8 Å². The van der Waals surface area contributed by atoms with Crippen LogP contribution < -0.4 is 10.1 Å². The summed E-state index contributed by atoms with van der Waals surface area (Å²) in [6.45, 7) is 1.86. The molecule has 0 fully saturated rings. The van der Waals surface area contributed by atoms with E-state index in [0.29, 0.717) is 22.2 Å². The Bertz CT molecular complexity index is 1060. The molecule has 2 heterocycles. The smallest absolute Gasteiger partial charge is 0.276 e. The first-order valence-corrected chi connectivity index (χ1v) is 9.13. The number of hydrogen-bond donors (Lipinski definition) is 1. The minimum atomic E-state index is -0.453. The number of benzene rings is 1. The molecule has 29 heavy (non-hydrogen) atoms. The fourth-order valence-corrected chi connectivity index (χ4v) is 2.74. The maximum absolute atomic E-state index is 12.7. The van der Waals surface area contributed by atoms with Crippen LogP contribution in [0.2, 0.25) is 5.02 Å². The Hall–Kier alpha value is -3.33. The van der Waals surface area contributed by atoms with Gasteiger partial charge in [0, 0.05) is 27.3 Å². The van der Waals surface area contributed by atoms with E-state index in [1.807, 2.05) is 6.07 Å². The lowest BCUT2D eigenvalue weighted by Gasteiger charge is -2.10. The standard InChI is InChI=1S/C19H21ClN6O3/c1-12-16(17(23-25(12)4)19(28)24(2)3)21-18(27)14-9-10-26(22-14)11-29-15-8-6-5-7-13(15)20/h5-10H,11H2,1-4H3,(H,21,27). The van der Waals surface area contributed by atoms with Crippen LogP contribution in [0.15, 0.2) is 36.5 Å². The molecule has 0 aliphatic rings.